The molecule has 1 saturated heterocycles. The zero-order chi connectivity index (χ0) is 24.1. The summed E-state index contributed by atoms with van der Waals surface area (Å²) in [7, 11) is 0. The highest BCUT2D eigenvalue weighted by Gasteiger charge is 2.39. The lowest BCUT2D eigenvalue weighted by molar-refractivity contribution is -0.137. The summed E-state index contributed by atoms with van der Waals surface area (Å²) >= 11 is 0. The van der Waals surface area contributed by atoms with Gasteiger partial charge in [0.2, 0.25) is 5.91 Å². The molecular weight excluding hydrogens is 436 g/mol. The zero-order valence-corrected chi connectivity index (χ0v) is 18.8. The van der Waals surface area contributed by atoms with E-state index in [-0.39, 0.29) is 29.6 Å². The molecule has 180 valence electrons. The lowest BCUT2D eigenvalue weighted by Gasteiger charge is -2.42. The average Bonchev–Trinajstić information content (AvgIpc) is 2.82. The number of halogens is 4. The normalized spacial score (nSPS) is 22.1. The number of ether oxygens (including phenoxy) is 1. The van der Waals surface area contributed by atoms with Gasteiger partial charge in [0.25, 0.3) is 0 Å². The first-order valence-corrected chi connectivity index (χ1v) is 11.2. The Morgan fingerprint density at radius 3 is 2.55 bits per heavy atom. The average molecular weight is 467 g/mol. The maximum atomic E-state index is 13.3. The summed E-state index contributed by atoms with van der Waals surface area (Å²) in [4.78, 5) is 12.3. The van der Waals surface area contributed by atoms with Crippen molar-refractivity contribution in [3.8, 4) is 0 Å². The number of alkyl halides is 4. The summed E-state index contributed by atoms with van der Waals surface area (Å²) in [5.41, 5.74) is -0.241. The van der Waals surface area contributed by atoms with Crippen molar-refractivity contribution < 1.29 is 27.1 Å². The summed E-state index contributed by atoms with van der Waals surface area (Å²) in [5.74, 6) is -0.154. The van der Waals surface area contributed by atoms with Gasteiger partial charge < -0.3 is 15.4 Å². The highest BCUT2D eigenvalue weighted by molar-refractivity contribution is 5.79. The highest BCUT2D eigenvalue weighted by Crippen LogP contribution is 2.36. The van der Waals surface area contributed by atoms with Crippen molar-refractivity contribution in [3.63, 3.8) is 0 Å². The minimum absolute atomic E-state index is 0.00339. The quantitative estimate of drug-likeness (QED) is 0.521. The fourth-order valence-corrected chi connectivity index (χ4v) is 4.24. The second kappa shape index (κ2) is 10.7. The van der Waals surface area contributed by atoms with Crippen molar-refractivity contribution in [2.24, 2.45) is 5.92 Å². The van der Waals surface area contributed by atoms with E-state index in [9.17, 15) is 22.4 Å². The predicted octanol–water partition coefficient (Wildman–Crippen LogP) is 5.28. The molecule has 2 aromatic carbocycles. The Balaban J connectivity index is 1.79. The van der Waals surface area contributed by atoms with E-state index in [0.29, 0.717) is 25.9 Å². The number of hydrogen-bond donors (Lipinski definition) is 2. The number of hydrogen-bond acceptors (Lipinski definition) is 3. The number of rotatable bonds is 8. The summed E-state index contributed by atoms with van der Waals surface area (Å²) in [6, 6.07) is 12.9. The van der Waals surface area contributed by atoms with Crippen LogP contribution in [-0.4, -0.2) is 25.6 Å². The molecule has 1 amide bonds. The molecule has 0 aromatic heterocycles. The molecule has 2 aromatic rings. The first-order chi connectivity index (χ1) is 15.7. The fourth-order valence-electron chi connectivity index (χ4n) is 4.24. The standard InChI is InChI=1S/C25H30F4N2O2/c1-3-30-23(32)19-9-10-24(31-15-19,21-7-5-4-6-8-21)16-33-17(2)20-11-18(14-26)12-22(13-20)25(27,28)29/h4-8,11-13,17,19,31H,3,9-10,14-16H2,1-2H3,(H,30,32)/t17?,19?,24-/m1/s1. The monoisotopic (exact) mass is 466 g/mol. The van der Waals surface area contributed by atoms with E-state index in [1.165, 1.54) is 6.07 Å². The SMILES string of the molecule is CCNC(=O)C1CC[C@@](COC(C)c2cc(CF)cc(C(F)(F)F)c2)(c2ccccc2)NC1. The number of piperidine rings is 1. The number of carbonyl (C=O) groups is 1. The second-order valence-electron chi connectivity index (χ2n) is 8.51. The predicted molar refractivity (Wildman–Crippen MR) is 118 cm³/mol. The maximum absolute atomic E-state index is 13.3. The Labute approximate surface area is 191 Å². The van der Waals surface area contributed by atoms with Crippen LogP contribution in [0.15, 0.2) is 48.5 Å². The van der Waals surface area contributed by atoms with E-state index in [1.54, 1.807) is 6.92 Å². The molecule has 0 saturated carbocycles. The van der Waals surface area contributed by atoms with Crippen molar-refractivity contribution >= 4 is 5.91 Å². The van der Waals surface area contributed by atoms with Gasteiger partial charge in [0.1, 0.15) is 6.67 Å². The first kappa shape index (κ1) is 25.2. The van der Waals surface area contributed by atoms with Crippen LogP contribution in [0.2, 0.25) is 0 Å². The number of nitrogens with one attached hydrogen (secondary N) is 2. The third-order valence-electron chi connectivity index (χ3n) is 6.20. The van der Waals surface area contributed by atoms with Gasteiger partial charge in [-0.2, -0.15) is 13.2 Å². The van der Waals surface area contributed by atoms with Crippen LogP contribution in [0, 0.1) is 5.92 Å². The van der Waals surface area contributed by atoms with Gasteiger partial charge in [-0.25, -0.2) is 4.39 Å². The van der Waals surface area contributed by atoms with E-state index in [2.05, 4.69) is 10.6 Å². The van der Waals surface area contributed by atoms with Crippen molar-refractivity contribution in [2.75, 3.05) is 19.7 Å². The van der Waals surface area contributed by atoms with Crippen LogP contribution < -0.4 is 10.6 Å². The number of amides is 1. The molecule has 1 heterocycles. The molecule has 0 radical (unpaired) electrons. The molecule has 1 aliphatic heterocycles. The molecule has 2 N–H and O–H groups in total. The third-order valence-corrected chi connectivity index (χ3v) is 6.20. The molecule has 0 aliphatic carbocycles. The number of carbonyl (C=O) groups excluding carboxylic acids is 1. The summed E-state index contributed by atoms with van der Waals surface area (Å²) < 4.78 is 59.1. The summed E-state index contributed by atoms with van der Waals surface area (Å²) in [6.07, 6.45) is -3.96. The van der Waals surface area contributed by atoms with Crippen molar-refractivity contribution in [1.82, 2.24) is 10.6 Å². The van der Waals surface area contributed by atoms with E-state index >= 15 is 0 Å². The van der Waals surface area contributed by atoms with E-state index in [4.69, 9.17) is 4.74 Å². The Hall–Kier alpha value is -2.45. The molecule has 8 heteroatoms. The number of benzene rings is 2. The Morgan fingerprint density at radius 1 is 1.24 bits per heavy atom. The van der Waals surface area contributed by atoms with Crippen molar-refractivity contribution in [3.05, 3.63) is 70.8 Å². The lowest BCUT2D eigenvalue weighted by Crippen LogP contribution is -2.54. The Bertz CT molecular complexity index is 926. The van der Waals surface area contributed by atoms with Crippen LogP contribution >= 0.6 is 0 Å². The Kier molecular flexibility index (Phi) is 8.13. The maximum Gasteiger partial charge on any atom is 0.416 e. The van der Waals surface area contributed by atoms with Gasteiger partial charge in [-0.05, 0) is 55.5 Å². The minimum atomic E-state index is -4.57. The molecule has 3 atom stereocenters. The van der Waals surface area contributed by atoms with Gasteiger partial charge in [-0.1, -0.05) is 36.4 Å². The lowest BCUT2D eigenvalue weighted by atomic mass is 9.79. The second-order valence-corrected chi connectivity index (χ2v) is 8.51. The highest BCUT2D eigenvalue weighted by atomic mass is 19.4. The molecule has 1 aliphatic rings. The van der Waals surface area contributed by atoms with E-state index in [0.717, 1.165) is 17.7 Å². The van der Waals surface area contributed by atoms with Gasteiger partial charge >= 0.3 is 6.18 Å². The van der Waals surface area contributed by atoms with Gasteiger partial charge in [-0.3, -0.25) is 4.79 Å². The van der Waals surface area contributed by atoms with Crippen molar-refractivity contribution in [1.29, 1.82) is 0 Å². The molecule has 0 bridgehead atoms. The minimum Gasteiger partial charge on any atom is -0.372 e. The van der Waals surface area contributed by atoms with E-state index in [1.807, 2.05) is 37.3 Å². The van der Waals surface area contributed by atoms with Crippen LogP contribution in [0.4, 0.5) is 17.6 Å². The smallest absolute Gasteiger partial charge is 0.372 e. The molecule has 0 spiro atoms. The molecule has 3 rings (SSSR count). The Morgan fingerprint density at radius 2 is 1.97 bits per heavy atom. The zero-order valence-electron chi connectivity index (χ0n) is 18.8. The molecule has 33 heavy (non-hydrogen) atoms. The third kappa shape index (κ3) is 6.12. The first-order valence-electron chi connectivity index (χ1n) is 11.2. The van der Waals surface area contributed by atoms with Crippen LogP contribution in [0.25, 0.3) is 0 Å². The molecule has 1 fully saturated rings. The molecule has 2 unspecified atom stereocenters. The van der Waals surface area contributed by atoms with Crippen LogP contribution in [0.1, 0.15) is 55.0 Å². The van der Waals surface area contributed by atoms with Crippen LogP contribution in [0.5, 0.6) is 0 Å². The van der Waals surface area contributed by atoms with E-state index < -0.39 is 30.1 Å². The van der Waals surface area contributed by atoms with Gasteiger partial charge in [0, 0.05) is 13.1 Å². The largest absolute Gasteiger partial charge is 0.416 e. The van der Waals surface area contributed by atoms with Gasteiger partial charge in [0.05, 0.1) is 29.7 Å². The summed E-state index contributed by atoms with van der Waals surface area (Å²) in [6.45, 7) is 3.78. The molecular formula is C25H30F4N2O2. The van der Waals surface area contributed by atoms with Crippen molar-refractivity contribution in [2.45, 2.75) is 51.2 Å². The van der Waals surface area contributed by atoms with Crippen LogP contribution in [-0.2, 0) is 27.9 Å². The topological polar surface area (TPSA) is 50.4 Å². The van der Waals surface area contributed by atoms with Gasteiger partial charge in [0.15, 0.2) is 0 Å². The van der Waals surface area contributed by atoms with Crippen LogP contribution in [0.3, 0.4) is 0 Å². The fraction of sp³-hybridized carbons (Fsp3) is 0.480. The molecule has 4 nitrogen and oxygen atoms in total. The van der Waals surface area contributed by atoms with Gasteiger partial charge in [-0.15, -0.1) is 0 Å². The summed E-state index contributed by atoms with van der Waals surface area (Å²) in [5, 5.41) is 6.33.